The largest absolute Gasteiger partial charge is 0.456 e. The van der Waals surface area contributed by atoms with Gasteiger partial charge in [0, 0.05) is 44.4 Å². The molecule has 9 rings (SSSR count). The standard InChI is InChI=1S/C40H26N2O/c1-2-10-29(11-3-1)42-36-16-8-6-13-31(36)34-24-27(20-23-37(34)42)26-18-21-28(22-19-26)41-35-25-39-40(32-14-5-4-12-30(32)35)33-15-7-9-17-38(33)43-39/h1-25,41H. The molecule has 2 aromatic heterocycles. The number of hydrogen-bond donors (Lipinski definition) is 1. The molecule has 0 radical (unpaired) electrons. The van der Waals surface area contributed by atoms with E-state index in [0.717, 1.165) is 33.3 Å². The molecule has 43 heavy (non-hydrogen) atoms. The lowest BCUT2D eigenvalue weighted by atomic mass is 10.0. The monoisotopic (exact) mass is 550 g/mol. The second kappa shape index (κ2) is 9.37. The van der Waals surface area contributed by atoms with E-state index in [-0.39, 0.29) is 0 Å². The first-order chi connectivity index (χ1) is 21.3. The summed E-state index contributed by atoms with van der Waals surface area (Å²) in [5.41, 5.74) is 9.85. The summed E-state index contributed by atoms with van der Waals surface area (Å²) in [5, 5.41) is 10.9. The van der Waals surface area contributed by atoms with E-state index in [0.29, 0.717) is 0 Å². The van der Waals surface area contributed by atoms with Crippen LogP contribution in [0.1, 0.15) is 0 Å². The van der Waals surface area contributed by atoms with Crippen LogP contribution >= 0.6 is 0 Å². The van der Waals surface area contributed by atoms with Crippen molar-refractivity contribution >= 4 is 65.9 Å². The molecule has 3 nitrogen and oxygen atoms in total. The van der Waals surface area contributed by atoms with Gasteiger partial charge in [-0.15, -0.1) is 0 Å². The number of nitrogens with zero attached hydrogens (tertiary/aromatic N) is 1. The molecule has 0 aliphatic carbocycles. The molecule has 0 fully saturated rings. The number of para-hydroxylation sites is 3. The van der Waals surface area contributed by atoms with Crippen molar-refractivity contribution < 1.29 is 4.42 Å². The van der Waals surface area contributed by atoms with Crippen molar-refractivity contribution in [2.24, 2.45) is 0 Å². The van der Waals surface area contributed by atoms with Gasteiger partial charge in [0.15, 0.2) is 0 Å². The lowest BCUT2D eigenvalue weighted by molar-refractivity contribution is 0.669. The number of aromatic nitrogens is 1. The van der Waals surface area contributed by atoms with Crippen molar-refractivity contribution in [3.05, 3.63) is 152 Å². The Morgan fingerprint density at radius 1 is 0.442 bits per heavy atom. The smallest absolute Gasteiger partial charge is 0.138 e. The summed E-state index contributed by atoms with van der Waals surface area (Å²) < 4.78 is 8.62. The van der Waals surface area contributed by atoms with Crippen molar-refractivity contribution in [1.29, 1.82) is 0 Å². The molecule has 0 unspecified atom stereocenters. The third-order valence-electron chi connectivity index (χ3n) is 8.57. The molecular formula is C40H26N2O. The average molecular weight is 551 g/mol. The first-order valence-corrected chi connectivity index (χ1v) is 14.6. The van der Waals surface area contributed by atoms with Crippen LogP contribution in [0.15, 0.2) is 156 Å². The van der Waals surface area contributed by atoms with Gasteiger partial charge in [0.05, 0.1) is 16.7 Å². The summed E-state index contributed by atoms with van der Waals surface area (Å²) >= 11 is 0. The topological polar surface area (TPSA) is 30.1 Å². The van der Waals surface area contributed by atoms with E-state index in [9.17, 15) is 0 Å². The molecule has 0 aliphatic heterocycles. The Bertz CT molecular complexity index is 2470. The Labute approximate surface area is 248 Å². The van der Waals surface area contributed by atoms with E-state index in [2.05, 4.69) is 149 Å². The van der Waals surface area contributed by atoms with Gasteiger partial charge in [-0.1, -0.05) is 97.1 Å². The van der Waals surface area contributed by atoms with Crippen LogP contribution in [0.3, 0.4) is 0 Å². The van der Waals surface area contributed by atoms with E-state index in [4.69, 9.17) is 4.42 Å². The Kier molecular flexibility index (Phi) is 5.20. The van der Waals surface area contributed by atoms with Crippen LogP contribution in [0, 0.1) is 0 Å². The number of nitrogens with one attached hydrogen (secondary N) is 1. The number of anilines is 2. The highest BCUT2D eigenvalue weighted by atomic mass is 16.3. The molecule has 1 N–H and O–H groups in total. The maximum atomic E-state index is 6.27. The molecule has 0 saturated carbocycles. The first kappa shape index (κ1) is 23.9. The second-order valence-corrected chi connectivity index (χ2v) is 11.1. The first-order valence-electron chi connectivity index (χ1n) is 14.6. The van der Waals surface area contributed by atoms with Crippen LogP contribution in [0.5, 0.6) is 0 Å². The highest BCUT2D eigenvalue weighted by Gasteiger charge is 2.15. The molecule has 9 aromatic rings. The summed E-state index contributed by atoms with van der Waals surface area (Å²) in [5.74, 6) is 0. The predicted molar refractivity (Wildman–Crippen MR) is 181 cm³/mol. The molecule has 3 heteroatoms. The Hall–Kier alpha value is -5.80. The average Bonchev–Trinajstić information content (AvgIpc) is 3.61. The number of rotatable bonds is 4. The van der Waals surface area contributed by atoms with E-state index in [1.807, 2.05) is 12.1 Å². The molecule has 0 bridgehead atoms. The van der Waals surface area contributed by atoms with Crippen molar-refractivity contribution in [3.8, 4) is 16.8 Å². The van der Waals surface area contributed by atoms with E-state index in [1.165, 1.54) is 49.4 Å². The summed E-state index contributed by atoms with van der Waals surface area (Å²) in [4.78, 5) is 0. The molecule has 0 aliphatic rings. The van der Waals surface area contributed by atoms with Gasteiger partial charge >= 0.3 is 0 Å². The Morgan fingerprint density at radius 3 is 1.93 bits per heavy atom. The highest BCUT2D eigenvalue weighted by Crippen LogP contribution is 2.40. The van der Waals surface area contributed by atoms with Crippen LogP contribution in [0.2, 0.25) is 0 Å². The summed E-state index contributed by atoms with van der Waals surface area (Å²) in [6.45, 7) is 0. The Morgan fingerprint density at radius 2 is 1.09 bits per heavy atom. The summed E-state index contributed by atoms with van der Waals surface area (Å²) in [6.07, 6.45) is 0. The predicted octanol–water partition coefficient (Wildman–Crippen LogP) is 11.2. The number of hydrogen-bond acceptors (Lipinski definition) is 2. The van der Waals surface area contributed by atoms with E-state index in [1.54, 1.807) is 0 Å². The van der Waals surface area contributed by atoms with Crippen molar-refractivity contribution in [1.82, 2.24) is 4.57 Å². The van der Waals surface area contributed by atoms with E-state index >= 15 is 0 Å². The number of benzene rings is 7. The quantitative estimate of drug-likeness (QED) is 0.236. The van der Waals surface area contributed by atoms with Crippen molar-refractivity contribution in [2.75, 3.05) is 5.32 Å². The fourth-order valence-corrected chi connectivity index (χ4v) is 6.60. The zero-order valence-corrected chi connectivity index (χ0v) is 23.3. The van der Waals surface area contributed by atoms with Crippen LogP contribution < -0.4 is 5.32 Å². The molecule has 0 amide bonds. The number of fused-ring (bicyclic) bond motifs is 8. The zero-order chi connectivity index (χ0) is 28.3. The highest BCUT2D eigenvalue weighted by molar-refractivity contribution is 6.22. The summed E-state index contributed by atoms with van der Waals surface area (Å²) in [6, 6.07) is 53.7. The van der Waals surface area contributed by atoms with Gasteiger partial charge < -0.3 is 14.3 Å². The van der Waals surface area contributed by atoms with Crippen LogP contribution in [0.4, 0.5) is 11.4 Å². The molecule has 2 heterocycles. The minimum Gasteiger partial charge on any atom is -0.456 e. The SMILES string of the molecule is c1ccc(-n2c3ccccc3c3cc(-c4ccc(Nc5cc6oc7ccccc7c6c6ccccc56)cc4)ccc32)cc1. The minimum atomic E-state index is 0.891. The second-order valence-electron chi connectivity index (χ2n) is 11.1. The number of furan rings is 1. The molecular weight excluding hydrogens is 524 g/mol. The lowest BCUT2D eigenvalue weighted by Crippen LogP contribution is -1.93. The maximum absolute atomic E-state index is 6.27. The fraction of sp³-hybridized carbons (Fsp3) is 0. The van der Waals surface area contributed by atoms with Gasteiger partial charge in [-0.05, 0) is 65.0 Å². The van der Waals surface area contributed by atoms with Gasteiger partial charge in [-0.25, -0.2) is 0 Å². The third kappa shape index (κ3) is 3.75. The Balaban J connectivity index is 1.11. The summed E-state index contributed by atoms with van der Waals surface area (Å²) in [7, 11) is 0. The zero-order valence-electron chi connectivity index (χ0n) is 23.3. The minimum absolute atomic E-state index is 0.891. The molecule has 0 saturated heterocycles. The van der Waals surface area contributed by atoms with Crippen LogP contribution in [-0.4, -0.2) is 4.57 Å². The molecule has 202 valence electrons. The maximum Gasteiger partial charge on any atom is 0.138 e. The normalized spacial score (nSPS) is 11.7. The van der Waals surface area contributed by atoms with E-state index < -0.39 is 0 Å². The molecule has 0 atom stereocenters. The third-order valence-corrected chi connectivity index (χ3v) is 8.57. The van der Waals surface area contributed by atoms with Gasteiger partial charge in [-0.2, -0.15) is 0 Å². The van der Waals surface area contributed by atoms with Crippen molar-refractivity contribution in [3.63, 3.8) is 0 Å². The van der Waals surface area contributed by atoms with Crippen LogP contribution in [0.25, 0.3) is 71.3 Å². The van der Waals surface area contributed by atoms with Gasteiger partial charge in [-0.3, -0.25) is 0 Å². The van der Waals surface area contributed by atoms with Crippen molar-refractivity contribution in [2.45, 2.75) is 0 Å². The molecule has 0 spiro atoms. The van der Waals surface area contributed by atoms with Gasteiger partial charge in [0.2, 0.25) is 0 Å². The fourth-order valence-electron chi connectivity index (χ4n) is 6.60. The van der Waals surface area contributed by atoms with Crippen LogP contribution in [-0.2, 0) is 0 Å². The molecule has 7 aromatic carbocycles. The lowest BCUT2D eigenvalue weighted by Gasteiger charge is -2.12. The van der Waals surface area contributed by atoms with Gasteiger partial charge in [0.25, 0.3) is 0 Å². The van der Waals surface area contributed by atoms with Gasteiger partial charge in [0.1, 0.15) is 11.2 Å².